The van der Waals surface area contributed by atoms with Crippen LogP contribution >= 0.6 is 11.3 Å². The Labute approximate surface area is 151 Å². The van der Waals surface area contributed by atoms with Gasteiger partial charge in [0.05, 0.1) is 11.4 Å². The van der Waals surface area contributed by atoms with E-state index in [-0.39, 0.29) is 11.9 Å². The highest BCUT2D eigenvalue weighted by Gasteiger charge is 2.30. The lowest BCUT2D eigenvalue weighted by Crippen LogP contribution is -2.35. The molecule has 5 heteroatoms. The summed E-state index contributed by atoms with van der Waals surface area (Å²) in [4.78, 5) is 23.7. The average molecular weight is 349 g/mol. The van der Waals surface area contributed by atoms with Crippen molar-refractivity contribution in [3.05, 3.63) is 65.3 Å². The van der Waals surface area contributed by atoms with E-state index < -0.39 is 0 Å². The Kier molecular flexibility index (Phi) is 4.32. The zero-order chi connectivity index (χ0) is 17.2. The standard InChI is InChI=1S/C20H19N3OS/c1-14-12-15-6-2-3-8-18(15)23(14)19(24)10-9-16-13-25-20(22-16)17-7-4-5-11-21-17/h2-8,11,13-14H,9-10,12H2,1H3. The summed E-state index contributed by atoms with van der Waals surface area (Å²) in [7, 11) is 0. The van der Waals surface area contributed by atoms with Crippen LogP contribution in [0.3, 0.4) is 0 Å². The molecule has 126 valence electrons. The van der Waals surface area contributed by atoms with E-state index in [1.165, 1.54) is 5.56 Å². The maximum absolute atomic E-state index is 12.8. The predicted octanol–water partition coefficient (Wildman–Crippen LogP) is 4.12. The van der Waals surface area contributed by atoms with E-state index in [0.717, 1.165) is 28.5 Å². The van der Waals surface area contributed by atoms with Gasteiger partial charge in [-0.15, -0.1) is 11.3 Å². The Hall–Kier alpha value is -2.53. The second-order valence-corrected chi connectivity index (χ2v) is 7.16. The van der Waals surface area contributed by atoms with Crippen molar-refractivity contribution in [2.24, 2.45) is 0 Å². The molecule has 0 aliphatic carbocycles. The number of pyridine rings is 1. The van der Waals surface area contributed by atoms with Crippen LogP contribution in [-0.2, 0) is 17.6 Å². The van der Waals surface area contributed by atoms with Gasteiger partial charge >= 0.3 is 0 Å². The molecule has 0 bridgehead atoms. The highest BCUT2D eigenvalue weighted by molar-refractivity contribution is 7.13. The Morgan fingerprint density at radius 3 is 2.92 bits per heavy atom. The van der Waals surface area contributed by atoms with Gasteiger partial charge in [-0.2, -0.15) is 0 Å². The highest BCUT2D eigenvalue weighted by atomic mass is 32.1. The molecule has 0 fully saturated rings. The number of carbonyl (C=O) groups is 1. The van der Waals surface area contributed by atoms with Crippen LogP contribution in [0, 0.1) is 0 Å². The van der Waals surface area contributed by atoms with E-state index in [9.17, 15) is 4.79 Å². The lowest BCUT2D eigenvalue weighted by Gasteiger charge is -2.22. The number of hydrogen-bond acceptors (Lipinski definition) is 4. The van der Waals surface area contributed by atoms with E-state index >= 15 is 0 Å². The van der Waals surface area contributed by atoms with Crippen LogP contribution in [0.1, 0.15) is 24.6 Å². The average Bonchev–Trinajstić information content (AvgIpc) is 3.24. The molecule has 2 aromatic heterocycles. The van der Waals surface area contributed by atoms with E-state index in [2.05, 4.69) is 23.0 Å². The number of nitrogens with zero attached hydrogens (tertiary/aromatic N) is 3. The van der Waals surface area contributed by atoms with Gasteiger partial charge < -0.3 is 4.90 Å². The van der Waals surface area contributed by atoms with Gasteiger partial charge in [-0.25, -0.2) is 4.98 Å². The molecule has 4 rings (SSSR count). The minimum absolute atomic E-state index is 0.171. The minimum atomic E-state index is 0.171. The quantitative estimate of drug-likeness (QED) is 0.712. The number of aromatic nitrogens is 2. The summed E-state index contributed by atoms with van der Waals surface area (Å²) in [5.41, 5.74) is 4.16. The molecule has 1 unspecified atom stereocenters. The first-order chi connectivity index (χ1) is 12.2. The summed E-state index contributed by atoms with van der Waals surface area (Å²) >= 11 is 1.58. The van der Waals surface area contributed by atoms with Gasteiger partial charge in [0, 0.05) is 29.7 Å². The predicted molar refractivity (Wildman–Crippen MR) is 101 cm³/mol. The van der Waals surface area contributed by atoms with Gasteiger partial charge in [0.25, 0.3) is 0 Å². The molecule has 1 aromatic carbocycles. The molecule has 4 nitrogen and oxygen atoms in total. The summed E-state index contributed by atoms with van der Waals surface area (Å²) in [5.74, 6) is 0.171. The van der Waals surface area contributed by atoms with E-state index in [1.54, 1.807) is 17.5 Å². The third kappa shape index (κ3) is 3.20. The van der Waals surface area contributed by atoms with E-state index in [4.69, 9.17) is 0 Å². The van der Waals surface area contributed by atoms with Crippen LogP contribution in [0.2, 0.25) is 0 Å². The lowest BCUT2D eigenvalue weighted by atomic mass is 10.1. The number of benzene rings is 1. The molecule has 3 aromatic rings. The van der Waals surface area contributed by atoms with Crippen LogP contribution in [0.4, 0.5) is 5.69 Å². The molecule has 3 heterocycles. The second-order valence-electron chi connectivity index (χ2n) is 6.30. The molecule has 0 N–H and O–H groups in total. The summed E-state index contributed by atoms with van der Waals surface area (Å²) in [6.45, 7) is 2.11. The number of carbonyl (C=O) groups excluding carboxylic acids is 1. The van der Waals surface area contributed by atoms with Crippen molar-refractivity contribution in [2.45, 2.75) is 32.2 Å². The summed E-state index contributed by atoms with van der Waals surface area (Å²) in [5, 5.41) is 2.93. The van der Waals surface area contributed by atoms with Crippen LogP contribution in [-0.4, -0.2) is 21.9 Å². The third-order valence-corrected chi connectivity index (χ3v) is 5.42. The number of rotatable bonds is 4. The van der Waals surface area contributed by atoms with Crippen LogP contribution in [0.5, 0.6) is 0 Å². The topological polar surface area (TPSA) is 46.1 Å². The molecule has 25 heavy (non-hydrogen) atoms. The monoisotopic (exact) mass is 349 g/mol. The number of aryl methyl sites for hydroxylation is 1. The molecule has 0 radical (unpaired) electrons. The number of para-hydroxylation sites is 1. The summed E-state index contributed by atoms with van der Waals surface area (Å²) in [6, 6.07) is 14.2. The molecular formula is C20H19N3OS. The fraction of sp³-hybridized carbons (Fsp3) is 0.250. The van der Waals surface area contributed by atoms with Crippen molar-refractivity contribution in [3.8, 4) is 10.7 Å². The molecule has 1 aliphatic rings. The molecule has 0 saturated heterocycles. The van der Waals surface area contributed by atoms with Crippen LogP contribution in [0.15, 0.2) is 54.0 Å². The number of fused-ring (bicyclic) bond motifs is 1. The first kappa shape index (κ1) is 16.0. The maximum Gasteiger partial charge on any atom is 0.227 e. The van der Waals surface area contributed by atoms with Crippen molar-refractivity contribution in [2.75, 3.05) is 4.90 Å². The molecule has 1 atom stereocenters. The molecular weight excluding hydrogens is 330 g/mol. The lowest BCUT2D eigenvalue weighted by molar-refractivity contribution is -0.118. The van der Waals surface area contributed by atoms with Crippen LogP contribution < -0.4 is 4.90 Å². The first-order valence-electron chi connectivity index (χ1n) is 8.48. The first-order valence-corrected chi connectivity index (χ1v) is 9.36. The minimum Gasteiger partial charge on any atom is -0.309 e. The van der Waals surface area contributed by atoms with Crippen molar-refractivity contribution < 1.29 is 4.79 Å². The summed E-state index contributed by atoms with van der Waals surface area (Å²) < 4.78 is 0. The van der Waals surface area contributed by atoms with Crippen molar-refractivity contribution in [1.82, 2.24) is 9.97 Å². The number of thiazole rings is 1. The third-order valence-electron chi connectivity index (χ3n) is 4.51. The maximum atomic E-state index is 12.8. The zero-order valence-electron chi connectivity index (χ0n) is 14.1. The van der Waals surface area contributed by atoms with E-state index in [0.29, 0.717) is 12.8 Å². The molecule has 0 spiro atoms. The fourth-order valence-electron chi connectivity index (χ4n) is 3.33. The Balaban J connectivity index is 1.44. The molecule has 1 amide bonds. The van der Waals surface area contributed by atoms with Gasteiger partial charge in [0.15, 0.2) is 0 Å². The normalized spacial score (nSPS) is 16.0. The van der Waals surface area contributed by atoms with Gasteiger partial charge in [0.2, 0.25) is 5.91 Å². The van der Waals surface area contributed by atoms with Crippen molar-refractivity contribution >= 4 is 22.9 Å². The molecule has 1 aliphatic heterocycles. The van der Waals surface area contributed by atoms with Crippen molar-refractivity contribution in [1.29, 1.82) is 0 Å². The fourth-order valence-corrected chi connectivity index (χ4v) is 4.16. The zero-order valence-corrected chi connectivity index (χ0v) is 14.9. The Bertz CT molecular complexity index is 891. The number of anilines is 1. The summed E-state index contributed by atoms with van der Waals surface area (Å²) in [6.07, 6.45) is 3.84. The largest absolute Gasteiger partial charge is 0.309 e. The number of hydrogen-bond donors (Lipinski definition) is 0. The second kappa shape index (κ2) is 6.76. The number of amides is 1. The Morgan fingerprint density at radius 1 is 1.24 bits per heavy atom. The smallest absolute Gasteiger partial charge is 0.227 e. The SMILES string of the molecule is CC1Cc2ccccc2N1C(=O)CCc1csc(-c2ccccn2)n1. The Morgan fingerprint density at radius 2 is 2.08 bits per heavy atom. The van der Waals surface area contributed by atoms with Gasteiger partial charge in [-0.1, -0.05) is 24.3 Å². The van der Waals surface area contributed by atoms with Crippen LogP contribution in [0.25, 0.3) is 10.7 Å². The highest BCUT2D eigenvalue weighted by Crippen LogP contribution is 2.32. The van der Waals surface area contributed by atoms with Gasteiger partial charge in [0.1, 0.15) is 5.01 Å². The van der Waals surface area contributed by atoms with E-state index in [1.807, 2.05) is 46.7 Å². The van der Waals surface area contributed by atoms with Crippen molar-refractivity contribution in [3.63, 3.8) is 0 Å². The van der Waals surface area contributed by atoms with Gasteiger partial charge in [-0.3, -0.25) is 9.78 Å². The molecule has 0 saturated carbocycles. The van der Waals surface area contributed by atoms with Gasteiger partial charge in [-0.05, 0) is 43.5 Å².